The standard InChI is InChI=1S/C14H21FN2O/c1-4-12(5-2)17-14(18)10(3)16-13-8-6-11(15)7-9-13/h6-10,12,16H,4-5H2,1-3H3,(H,17,18). The number of halogens is 1. The molecule has 1 aromatic carbocycles. The third-order valence-electron chi connectivity index (χ3n) is 2.95. The van der Waals surface area contributed by atoms with Crippen LogP contribution < -0.4 is 10.6 Å². The third-order valence-corrected chi connectivity index (χ3v) is 2.95. The molecule has 0 radical (unpaired) electrons. The monoisotopic (exact) mass is 252 g/mol. The lowest BCUT2D eigenvalue weighted by Gasteiger charge is -2.20. The van der Waals surface area contributed by atoms with E-state index in [0.29, 0.717) is 0 Å². The minimum absolute atomic E-state index is 0.0342. The number of anilines is 1. The van der Waals surface area contributed by atoms with E-state index in [1.807, 2.05) is 13.8 Å². The lowest BCUT2D eigenvalue weighted by Crippen LogP contribution is -2.42. The van der Waals surface area contributed by atoms with Crippen molar-refractivity contribution in [1.82, 2.24) is 5.32 Å². The molecular weight excluding hydrogens is 231 g/mol. The highest BCUT2D eigenvalue weighted by Gasteiger charge is 2.15. The van der Waals surface area contributed by atoms with Crippen molar-refractivity contribution in [3.05, 3.63) is 30.1 Å². The fourth-order valence-corrected chi connectivity index (χ4v) is 1.68. The summed E-state index contributed by atoms with van der Waals surface area (Å²) in [6.07, 6.45) is 1.84. The van der Waals surface area contributed by atoms with Crippen molar-refractivity contribution in [2.45, 2.75) is 45.7 Å². The molecule has 0 bridgehead atoms. The number of hydrogen-bond acceptors (Lipinski definition) is 2. The van der Waals surface area contributed by atoms with Gasteiger partial charge in [-0.25, -0.2) is 4.39 Å². The van der Waals surface area contributed by atoms with Crippen LogP contribution in [-0.4, -0.2) is 18.0 Å². The molecule has 0 aliphatic carbocycles. The van der Waals surface area contributed by atoms with E-state index in [1.165, 1.54) is 12.1 Å². The second-order valence-electron chi connectivity index (χ2n) is 4.39. The summed E-state index contributed by atoms with van der Waals surface area (Å²) >= 11 is 0. The number of carbonyl (C=O) groups is 1. The van der Waals surface area contributed by atoms with Gasteiger partial charge in [0.25, 0.3) is 0 Å². The molecule has 18 heavy (non-hydrogen) atoms. The highest BCUT2D eigenvalue weighted by atomic mass is 19.1. The first-order chi connectivity index (χ1) is 8.56. The van der Waals surface area contributed by atoms with Crippen molar-refractivity contribution in [2.24, 2.45) is 0 Å². The summed E-state index contributed by atoms with van der Waals surface area (Å²) in [7, 11) is 0. The number of benzene rings is 1. The summed E-state index contributed by atoms with van der Waals surface area (Å²) in [6, 6.07) is 5.86. The summed E-state index contributed by atoms with van der Waals surface area (Å²) in [5.41, 5.74) is 0.739. The van der Waals surface area contributed by atoms with Crippen LogP contribution in [0.25, 0.3) is 0 Å². The summed E-state index contributed by atoms with van der Waals surface area (Å²) in [6.45, 7) is 5.89. The summed E-state index contributed by atoms with van der Waals surface area (Å²) in [4.78, 5) is 11.9. The van der Waals surface area contributed by atoms with Gasteiger partial charge in [-0.05, 0) is 44.0 Å². The first-order valence-corrected chi connectivity index (χ1v) is 6.39. The molecule has 4 heteroatoms. The average Bonchev–Trinajstić information content (AvgIpc) is 2.38. The second kappa shape index (κ2) is 6.99. The van der Waals surface area contributed by atoms with Crippen molar-refractivity contribution in [1.29, 1.82) is 0 Å². The molecule has 0 aliphatic rings. The van der Waals surface area contributed by atoms with Crippen molar-refractivity contribution in [3.8, 4) is 0 Å². The van der Waals surface area contributed by atoms with E-state index in [4.69, 9.17) is 0 Å². The lowest BCUT2D eigenvalue weighted by atomic mass is 10.1. The lowest BCUT2D eigenvalue weighted by molar-refractivity contribution is -0.122. The highest BCUT2D eigenvalue weighted by molar-refractivity contribution is 5.84. The molecule has 100 valence electrons. The minimum Gasteiger partial charge on any atom is -0.374 e. The smallest absolute Gasteiger partial charge is 0.242 e. The van der Waals surface area contributed by atoms with Crippen LogP contribution in [-0.2, 0) is 4.79 Å². The normalized spacial score (nSPS) is 12.3. The van der Waals surface area contributed by atoms with Gasteiger partial charge in [0.2, 0.25) is 5.91 Å². The second-order valence-corrected chi connectivity index (χ2v) is 4.39. The van der Waals surface area contributed by atoms with Crippen molar-refractivity contribution >= 4 is 11.6 Å². The van der Waals surface area contributed by atoms with Gasteiger partial charge in [0.05, 0.1) is 0 Å². The molecule has 1 atom stereocenters. The van der Waals surface area contributed by atoms with Crippen molar-refractivity contribution in [3.63, 3.8) is 0 Å². The van der Waals surface area contributed by atoms with Gasteiger partial charge in [0, 0.05) is 11.7 Å². The molecule has 2 N–H and O–H groups in total. The molecule has 3 nitrogen and oxygen atoms in total. The molecule has 0 aliphatic heterocycles. The molecule has 1 unspecified atom stereocenters. The quantitative estimate of drug-likeness (QED) is 0.817. The number of nitrogens with one attached hydrogen (secondary N) is 2. The van der Waals surface area contributed by atoms with E-state index in [1.54, 1.807) is 19.1 Å². The molecule has 0 spiro atoms. The molecular formula is C14H21FN2O. The topological polar surface area (TPSA) is 41.1 Å². The Labute approximate surface area is 108 Å². The van der Waals surface area contributed by atoms with Crippen LogP contribution in [0.1, 0.15) is 33.6 Å². The Morgan fingerprint density at radius 1 is 1.22 bits per heavy atom. The SMILES string of the molecule is CCC(CC)NC(=O)C(C)Nc1ccc(F)cc1. The van der Waals surface area contributed by atoms with Gasteiger partial charge < -0.3 is 10.6 Å². The Morgan fingerprint density at radius 3 is 2.28 bits per heavy atom. The molecule has 0 saturated carbocycles. The van der Waals surface area contributed by atoms with Gasteiger partial charge in [-0.15, -0.1) is 0 Å². The van der Waals surface area contributed by atoms with Gasteiger partial charge in [-0.2, -0.15) is 0 Å². The average molecular weight is 252 g/mol. The van der Waals surface area contributed by atoms with Gasteiger partial charge >= 0.3 is 0 Å². The Hall–Kier alpha value is -1.58. The molecule has 0 aromatic heterocycles. The summed E-state index contributed by atoms with van der Waals surface area (Å²) < 4.78 is 12.7. The predicted octanol–water partition coefficient (Wildman–Crippen LogP) is 2.93. The van der Waals surface area contributed by atoms with Gasteiger partial charge in [-0.3, -0.25) is 4.79 Å². The summed E-state index contributed by atoms with van der Waals surface area (Å²) in [5.74, 6) is -0.317. The van der Waals surface area contributed by atoms with Crippen LogP contribution in [0.4, 0.5) is 10.1 Å². The first kappa shape index (κ1) is 14.5. The maximum atomic E-state index is 12.7. The van der Waals surface area contributed by atoms with E-state index >= 15 is 0 Å². The Bertz CT molecular complexity index is 374. The fraction of sp³-hybridized carbons (Fsp3) is 0.500. The molecule has 1 aromatic rings. The third kappa shape index (κ3) is 4.35. The number of carbonyl (C=O) groups excluding carboxylic acids is 1. The van der Waals surface area contributed by atoms with E-state index in [0.717, 1.165) is 18.5 Å². The Balaban J connectivity index is 2.51. The Morgan fingerprint density at radius 2 is 1.78 bits per heavy atom. The predicted molar refractivity (Wildman–Crippen MR) is 72.0 cm³/mol. The number of rotatable bonds is 6. The fourth-order valence-electron chi connectivity index (χ4n) is 1.68. The van der Waals surface area contributed by atoms with E-state index in [9.17, 15) is 9.18 Å². The van der Waals surface area contributed by atoms with E-state index < -0.39 is 0 Å². The van der Waals surface area contributed by atoms with Crippen LogP contribution in [0.3, 0.4) is 0 Å². The van der Waals surface area contributed by atoms with Gasteiger partial charge in [0.15, 0.2) is 0 Å². The van der Waals surface area contributed by atoms with Crippen molar-refractivity contribution in [2.75, 3.05) is 5.32 Å². The number of amides is 1. The zero-order valence-corrected chi connectivity index (χ0v) is 11.2. The van der Waals surface area contributed by atoms with Crippen LogP contribution >= 0.6 is 0 Å². The molecule has 0 saturated heterocycles. The molecule has 1 rings (SSSR count). The maximum absolute atomic E-state index is 12.7. The molecule has 0 fully saturated rings. The zero-order chi connectivity index (χ0) is 13.5. The molecule has 0 heterocycles. The van der Waals surface area contributed by atoms with Crippen LogP contribution in [0.15, 0.2) is 24.3 Å². The van der Waals surface area contributed by atoms with Crippen LogP contribution in [0.5, 0.6) is 0 Å². The van der Waals surface area contributed by atoms with Crippen LogP contribution in [0, 0.1) is 5.82 Å². The van der Waals surface area contributed by atoms with E-state index in [-0.39, 0.29) is 23.8 Å². The van der Waals surface area contributed by atoms with Crippen LogP contribution in [0.2, 0.25) is 0 Å². The largest absolute Gasteiger partial charge is 0.374 e. The Kier molecular flexibility index (Phi) is 5.62. The van der Waals surface area contributed by atoms with Crippen molar-refractivity contribution < 1.29 is 9.18 Å². The van der Waals surface area contributed by atoms with E-state index in [2.05, 4.69) is 10.6 Å². The zero-order valence-electron chi connectivity index (χ0n) is 11.2. The van der Waals surface area contributed by atoms with Gasteiger partial charge in [-0.1, -0.05) is 13.8 Å². The maximum Gasteiger partial charge on any atom is 0.242 e. The molecule has 1 amide bonds. The number of hydrogen-bond donors (Lipinski definition) is 2. The van der Waals surface area contributed by atoms with Gasteiger partial charge in [0.1, 0.15) is 11.9 Å². The highest BCUT2D eigenvalue weighted by Crippen LogP contribution is 2.10. The first-order valence-electron chi connectivity index (χ1n) is 6.39. The summed E-state index contributed by atoms with van der Waals surface area (Å²) in [5, 5.41) is 6.02. The minimum atomic E-state index is -0.337.